The van der Waals surface area contributed by atoms with E-state index in [4.69, 9.17) is 0 Å². The van der Waals surface area contributed by atoms with Crippen molar-refractivity contribution in [3.05, 3.63) is 65.2 Å². The van der Waals surface area contributed by atoms with Crippen LogP contribution in [0.15, 0.2) is 48.5 Å². The van der Waals surface area contributed by atoms with Crippen LogP contribution in [-0.4, -0.2) is 11.7 Å². The monoisotopic (exact) mass is 307 g/mol. The first kappa shape index (κ1) is 14.8. The van der Waals surface area contributed by atoms with Crippen LogP contribution >= 0.6 is 0 Å². The first-order valence-corrected chi connectivity index (χ1v) is 8.79. The molecule has 1 saturated carbocycles. The van der Waals surface area contributed by atoms with Crippen LogP contribution in [0.5, 0.6) is 0 Å². The summed E-state index contributed by atoms with van der Waals surface area (Å²) in [6.45, 7) is 2.50. The van der Waals surface area contributed by atoms with Crippen molar-refractivity contribution in [2.75, 3.05) is 11.9 Å². The molecule has 120 valence electrons. The van der Waals surface area contributed by atoms with Gasteiger partial charge in [0.1, 0.15) is 0 Å². The summed E-state index contributed by atoms with van der Waals surface area (Å²) in [5.74, 6) is 1.64. The Hall–Kier alpha value is -1.80. The molecular formula is C21H25NO. The highest BCUT2D eigenvalue weighted by atomic mass is 16.3. The van der Waals surface area contributed by atoms with Crippen molar-refractivity contribution in [2.45, 2.75) is 38.1 Å². The summed E-state index contributed by atoms with van der Waals surface area (Å²) in [5, 5.41) is 13.5. The first-order chi connectivity index (χ1) is 11.3. The topological polar surface area (TPSA) is 32.3 Å². The molecule has 1 heterocycles. The fraction of sp³-hybridized carbons (Fsp3) is 0.429. The van der Waals surface area contributed by atoms with Gasteiger partial charge in [-0.3, -0.25) is 0 Å². The summed E-state index contributed by atoms with van der Waals surface area (Å²) in [5.41, 5.74) is 5.45. The molecule has 0 bridgehead atoms. The number of rotatable bonds is 2. The van der Waals surface area contributed by atoms with E-state index in [1.807, 2.05) is 0 Å². The lowest BCUT2D eigenvalue weighted by Crippen LogP contribution is -2.36. The van der Waals surface area contributed by atoms with Gasteiger partial charge in [-0.05, 0) is 61.1 Å². The lowest BCUT2D eigenvalue weighted by atomic mass is 9.65. The predicted octanol–water partition coefficient (Wildman–Crippen LogP) is 4.65. The summed E-state index contributed by atoms with van der Waals surface area (Å²) >= 11 is 0. The zero-order chi connectivity index (χ0) is 15.8. The second-order valence-corrected chi connectivity index (χ2v) is 7.26. The van der Waals surface area contributed by atoms with E-state index < -0.39 is 0 Å². The van der Waals surface area contributed by atoms with E-state index in [9.17, 15) is 5.11 Å². The smallest absolute Gasteiger partial charge is 0.0547 e. The van der Waals surface area contributed by atoms with Crippen LogP contribution in [0, 0.1) is 18.8 Å². The van der Waals surface area contributed by atoms with E-state index in [0.717, 1.165) is 12.8 Å². The molecule has 2 aliphatic rings. The third kappa shape index (κ3) is 2.66. The normalized spacial score (nSPS) is 29.3. The molecule has 4 rings (SSSR count). The first-order valence-electron chi connectivity index (χ1n) is 8.79. The summed E-state index contributed by atoms with van der Waals surface area (Å²) in [6, 6.07) is 18.0. The van der Waals surface area contributed by atoms with Gasteiger partial charge in [0, 0.05) is 12.3 Å². The van der Waals surface area contributed by atoms with Gasteiger partial charge in [0.15, 0.2) is 0 Å². The lowest BCUT2D eigenvalue weighted by molar-refractivity contribution is 0.139. The molecule has 2 aromatic rings. The second-order valence-electron chi connectivity index (χ2n) is 7.26. The number of benzene rings is 2. The summed E-state index contributed by atoms with van der Waals surface area (Å²) in [6.07, 6.45) is 3.45. The Balaban J connectivity index is 1.76. The van der Waals surface area contributed by atoms with Crippen LogP contribution < -0.4 is 5.32 Å². The van der Waals surface area contributed by atoms with Gasteiger partial charge in [-0.1, -0.05) is 48.0 Å². The van der Waals surface area contributed by atoms with Crippen molar-refractivity contribution in [3.63, 3.8) is 0 Å². The average Bonchev–Trinajstić information content (AvgIpc) is 2.61. The number of aliphatic hydroxyl groups excluding tert-OH is 1. The molecule has 2 aromatic carbocycles. The summed E-state index contributed by atoms with van der Waals surface area (Å²) in [7, 11) is 0. The molecule has 2 N–H and O–H groups in total. The third-order valence-electron chi connectivity index (χ3n) is 5.77. The Morgan fingerprint density at radius 3 is 2.70 bits per heavy atom. The Bertz CT molecular complexity index is 681. The van der Waals surface area contributed by atoms with Crippen LogP contribution in [0.3, 0.4) is 0 Å². The van der Waals surface area contributed by atoms with Crippen LogP contribution in [-0.2, 0) is 0 Å². The molecule has 1 aliphatic heterocycles. The van der Waals surface area contributed by atoms with Crippen LogP contribution in [0.2, 0.25) is 0 Å². The molecule has 1 fully saturated rings. The molecule has 0 amide bonds. The van der Waals surface area contributed by atoms with Gasteiger partial charge in [0.25, 0.3) is 0 Å². The number of aryl methyl sites for hydroxylation is 1. The minimum Gasteiger partial charge on any atom is -0.396 e. The average molecular weight is 307 g/mol. The highest BCUT2D eigenvalue weighted by Gasteiger charge is 2.40. The van der Waals surface area contributed by atoms with Crippen LogP contribution in [0.1, 0.15) is 47.9 Å². The van der Waals surface area contributed by atoms with Gasteiger partial charge in [0.2, 0.25) is 0 Å². The standard InChI is InChI=1S/C21H25NO/c1-14-7-10-20-19(11-14)18-12-15(13-23)8-9-17(18)21(22-20)16-5-3-2-4-6-16/h2-7,10-11,15,17-18,21-23H,8-9,12-13H2,1H3. The molecule has 2 nitrogen and oxygen atoms in total. The van der Waals surface area contributed by atoms with E-state index in [1.54, 1.807) is 0 Å². The number of hydrogen-bond donors (Lipinski definition) is 2. The van der Waals surface area contributed by atoms with Crippen LogP contribution in [0.25, 0.3) is 0 Å². The van der Waals surface area contributed by atoms with E-state index in [2.05, 4.69) is 60.8 Å². The van der Waals surface area contributed by atoms with Gasteiger partial charge in [-0.15, -0.1) is 0 Å². The number of nitrogens with one attached hydrogen (secondary N) is 1. The zero-order valence-corrected chi connectivity index (χ0v) is 13.7. The lowest BCUT2D eigenvalue weighted by Gasteiger charge is -2.45. The quantitative estimate of drug-likeness (QED) is 0.846. The second kappa shape index (κ2) is 6.01. The third-order valence-corrected chi connectivity index (χ3v) is 5.77. The van der Waals surface area contributed by atoms with Crippen molar-refractivity contribution in [2.24, 2.45) is 11.8 Å². The summed E-state index contributed by atoms with van der Waals surface area (Å²) < 4.78 is 0. The SMILES string of the molecule is Cc1ccc2c(c1)C1CC(CO)CCC1C(c1ccccc1)N2. The predicted molar refractivity (Wildman–Crippen MR) is 94.6 cm³/mol. The van der Waals surface area contributed by atoms with Gasteiger partial charge in [0.05, 0.1) is 6.04 Å². The highest BCUT2D eigenvalue weighted by Crippen LogP contribution is 2.52. The number of fused-ring (bicyclic) bond motifs is 3. The molecule has 4 unspecified atom stereocenters. The molecule has 1 aliphatic carbocycles. The summed E-state index contributed by atoms with van der Waals surface area (Å²) in [4.78, 5) is 0. The van der Waals surface area contributed by atoms with Crippen molar-refractivity contribution in [1.29, 1.82) is 0 Å². The minimum atomic E-state index is 0.327. The molecule has 0 spiro atoms. The van der Waals surface area contributed by atoms with E-state index in [1.165, 1.54) is 28.8 Å². The van der Waals surface area contributed by atoms with E-state index in [0.29, 0.717) is 30.4 Å². The maximum Gasteiger partial charge on any atom is 0.0547 e. The Kier molecular flexibility index (Phi) is 3.86. The molecule has 0 saturated heterocycles. The molecule has 0 radical (unpaired) electrons. The van der Waals surface area contributed by atoms with Crippen molar-refractivity contribution in [1.82, 2.24) is 0 Å². The van der Waals surface area contributed by atoms with Gasteiger partial charge >= 0.3 is 0 Å². The van der Waals surface area contributed by atoms with Crippen molar-refractivity contribution < 1.29 is 5.11 Å². The zero-order valence-electron chi connectivity index (χ0n) is 13.7. The maximum atomic E-state index is 9.65. The van der Waals surface area contributed by atoms with Gasteiger partial charge < -0.3 is 10.4 Å². The number of aliphatic hydroxyl groups is 1. The van der Waals surface area contributed by atoms with Gasteiger partial charge in [-0.2, -0.15) is 0 Å². The van der Waals surface area contributed by atoms with E-state index in [-0.39, 0.29) is 0 Å². The Morgan fingerprint density at radius 1 is 1.09 bits per heavy atom. The molecule has 4 atom stereocenters. The highest BCUT2D eigenvalue weighted by molar-refractivity contribution is 5.59. The number of hydrogen-bond acceptors (Lipinski definition) is 2. The number of anilines is 1. The van der Waals surface area contributed by atoms with Gasteiger partial charge in [-0.25, -0.2) is 0 Å². The fourth-order valence-electron chi connectivity index (χ4n) is 4.59. The largest absolute Gasteiger partial charge is 0.396 e. The van der Waals surface area contributed by atoms with Crippen molar-refractivity contribution in [3.8, 4) is 0 Å². The molecular weight excluding hydrogens is 282 g/mol. The minimum absolute atomic E-state index is 0.327. The maximum absolute atomic E-state index is 9.65. The van der Waals surface area contributed by atoms with Crippen LogP contribution in [0.4, 0.5) is 5.69 Å². The molecule has 0 aromatic heterocycles. The fourth-order valence-corrected chi connectivity index (χ4v) is 4.59. The Morgan fingerprint density at radius 2 is 1.91 bits per heavy atom. The Labute approximate surface area is 138 Å². The molecule has 23 heavy (non-hydrogen) atoms. The molecule has 2 heteroatoms. The van der Waals surface area contributed by atoms with Crippen molar-refractivity contribution >= 4 is 5.69 Å². The van der Waals surface area contributed by atoms with E-state index >= 15 is 0 Å².